The van der Waals surface area contributed by atoms with Gasteiger partial charge in [0.15, 0.2) is 5.96 Å². The summed E-state index contributed by atoms with van der Waals surface area (Å²) < 4.78 is 0. The van der Waals surface area contributed by atoms with E-state index in [1.807, 2.05) is 6.92 Å². The summed E-state index contributed by atoms with van der Waals surface area (Å²) in [5.74, 6) is 0.377. The van der Waals surface area contributed by atoms with Crippen molar-refractivity contribution in [1.29, 1.82) is 0 Å². The molecule has 0 aromatic rings. The molecule has 0 aliphatic carbocycles. The Kier molecular flexibility index (Phi) is 7.40. The van der Waals surface area contributed by atoms with Crippen molar-refractivity contribution in [3.8, 4) is 0 Å². The van der Waals surface area contributed by atoms with Gasteiger partial charge in [-0.1, -0.05) is 13.3 Å². The van der Waals surface area contributed by atoms with Crippen LogP contribution in [0.5, 0.6) is 0 Å². The lowest BCUT2D eigenvalue weighted by molar-refractivity contribution is -0.124. The van der Waals surface area contributed by atoms with Crippen LogP contribution < -0.4 is 16.8 Å². The highest BCUT2D eigenvalue weighted by molar-refractivity contribution is 5.78. The number of carbonyl (C=O) groups excluding carboxylic acids is 1. The summed E-state index contributed by atoms with van der Waals surface area (Å²) in [6.45, 7) is 2.67. The van der Waals surface area contributed by atoms with E-state index < -0.39 is 0 Å². The molecule has 0 heterocycles. The number of aliphatic imine (C=N–C) groups is 1. The molecule has 1 atom stereocenters. The van der Waals surface area contributed by atoms with E-state index in [1.165, 1.54) is 0 Å². The fourth-order valence-electron chi connectivity index (χ4n) is 1.44. The molecule has 0 radical (unpaired) electrons. The van der Waals surface area contributed by atoms with Gasteiger partial charge in [-0.25, -0.2) is 0 Å². The highest BCUT2D eigenvalue weighted by atomic mass is 16.1. The van der Waals surface area contributed by atoms with Crippen LogP contribution in [0.4, 0.5) is 0 Å². The minimum absolute atomic E-state index is 0.120. The number of amides is 1. The molecule has 88 valence electrons. The van der Waals surface area contributed by atoms with E-state index in [0.29, 0.717) is 6.54 Å². The predicted molar refractivity (Wildman–Crippen MR) is 62.4 cm³/mol. The Hall–Kier alpha value is -1.26. The summed E-state index contributed by atoms with van der Waals surface area (Å²) in [6, 6.07) is 0. The van der Waals surface area contributed by atoms with Crippen LogP contribution in [0.2, 0.25) is 0 Å². The Bertz CT molecular complexity index is 211. The maximum Gasteiger partial charge on any atom is 0.222 e. The molecular weight excluding hydrogens is 192 g/mol. The zero-order valence-electron chi connectivity index (χ0n) is 9.62. The molecule has 0 spiro atoms. The van der Waals surface area contributed by atoms with E-state index >= 15 is 0 Å². The minimum Gasteiger partial charge on any atom is -0.370 e. The molecule has 0 saturated heterocycles. The first-order chi connectivity index (χ1) is 7.11. The average molecular weight is 214 g/mol. The lowest BCUT2D eigenvalue weighted by Gasteiger charge is -2.12. The summed E-state index contributed by atoms with van der Waals surface area (Å²) in [6.07, 6.45) is 3.67. The highest BCUT2D eigenvalue weighted by Crippen LogP contribution is 2.12. The van der Waals surface area contributed by atoms with Crippen LogP contribution in [0.1, 0.15) is 32.6 Å². The van der Waals surface area contributed by atoms with Crippen molar-refractivity contribution in [3.05, 3.63) is 0 Å². The van der Waals surface area contributed by atoms with Crippen molar-refractivity contribution in [1.82, 2.24) is 5.32 Å². The van der Waals surface area contributed by atoms with Crippen LogP contribution >= 0.6 is 0 Å². The zero-order chi connectivity index (χ0) is 11.7. The van der Waals surface area contributed by atoms with E-state index in [1.54, 1.807) is 7.05 Å². The lowest BCUT2D eigenvalue weighted by Crippen LogP contribution is -2.26. The predicted octanol–water partition coefficient (Wildman–Crippen LogP) is 0.202. The van der Waals surface area contributed by atoms with Gasteiger partial charge in [-0.2, -0.15) is 0 Å². The molecule has 0 bridgehead atoms. The van der Waals surface area contributed by atoms with Gasteiger partial charge >= 0.3 is 0 Å². The highest BCUT2D eigenvalue weighted by Gasteiger charge is 2.13. The second kappa shape index (κ2) is 8.08. The van der Waals surface area contributed by atoms with E-state index in [9.17, 15) is 4.79 Å². The largest absolute Gasteiger partial charge is 0.370 e. The van der Waals surface area contributed by atoms with Crippen LogP contribution in [0, 0.1) is 5.92 Å². The van der Waals surface area contributed by atoms with Crippen molar-refractivity contribution < 1.29 is 4.79 Å². The molecule has 0 aliphatic heterocycles. The van der Waals surface area contributed by atoms with E-state index in [4.69, 9.17) is 11.5 Å². The third-order valence-electron chi connectivity index (χ3n) is 2.37. The Morgan fingerprint density at radius 3 is 2.53 bits per heavy atom. The Balaban J connectivity index is 3.64. The van der Waals surface area contributed by atoms with Crippen molar-refractivity contribution in [3.63, 3.8) is 0 Å². The lowest BCUT2D eigenvalue weighted by atomic mass is 9.98. The van der Waals surface area contributed by atoms with Gasteiger partial charge in [0.25, 0.3) is 0 Å². The average Bonchev–Trinajstić information content (AvgIpc) is 2.22. The van der Waals surface area contributed by atoms with Crippen LogP contribution in [0.25, 0.3) is 0 Å². The standard InChI is InChI=1S/C10H22N4O/c1-3-8(9(15)13-2)6-4-5-7-14-10(11)12/h8H,3-7H2,1-2H3,(H,13,15)(H4,11,12,14)/t8-/m0/s1. The van der Waals surface area contributed by atoms with Gasteiger partial charge in [-0.05, 0) is 19.3 Å². The zero-order valence-corrected chi connectivity index (χ0v) is 9.62. The number of rotatable bonds is 7. The van der Waals surface area contributed by atoms with Gasteiger partial charge in [0.2, 0.25) is 5.91 Å². The molecule has 0 aromatic heterocycles. The monoisotopic (exact) mass is 214 g/mol. The first-order valence-electron chi connectivity index (χ1n) is 5.38. The van der Waals surface area contributed by atoms with Crippen molar-refractivity contribution in [2.45, 2.75) is 32.6 Å². The van der Waals surface area contributed by atoms with E-state index in [2.05, 4.69) is 10.3 Å². The molecule has 15 heavy (non-hydrogen) atoms. The summed E-state index contributed by atoms with van der Waals surface area (Å²) in [5, 5.41) is 2.67. The third kappa shape index (κ3) is 6.76. The number of nitrogens with zero attached hydrogens (tertiary/aromatic N) is 1. The number of hydrogen-bond donors (Lipinski definition) is 3. The van der Waals surface area contributed by atoms with Crippen LogP contribution in [0.15, 0.2) is 4.99 Å². The smallest absolute Gasteiger partial charge is 0.222 e. The van der Waals surface area contributed by atoms with Crippen molar-refractivity contribution >= 4 is 11.9 Å². The first-order valence-corrected chi connectivity index (χ1v) is 5.38. The van der Waals surface area contributed by atoms with E-state index in [-0.39, 0.29) is 17.8 Å². The van der Waals surface area contributed by atoms with Crippen molar-refractivity contribution in [2.75, 3.05) is 13.6 Å². The molecule has 0 saturated carbocycles. The topological polar surface area (TPSA) is 93.5 Å². The van der Waals surface area contributed by atoms with Gasteiger partial charge in [-0.3, -0.25) is 9.79 Å². The normalized spacial score (nSPS) is 11.9. The quantitative estimate of drug-likeness (QED) is 0.321. The van der Waals surface area contributed by atoms with Gasteiger partial charge < -0.3 is 16.8 Å². The molecule has 5 nitrogen and oxygen atoms in total. The summed E-state index contributed by atoms with van der Waals surface area (Å²) in [4.78, 5) is 15.2. The second-order valence-corrected chi connectivity index (χ2v) is 3.52. The fraction of sp³-hybridized carbons (Fsp3) is 0.800. The molecule has 0 aromatic carbocycles. The summed E-state index contributed by atoms with van der Waals surface area (Å²) in [5.41, 5.74) is 10.4. The Morgan fingerprint density at radius 1 is 1.40 bits per heavy atom. The van der Waals surface area contributed by atoms with Crippen molar-refractivity contribution in [2.24, 2.45) is 22.4 Å². The molecule has 0 unspecified atom stereocenters. The molecule has 5 heteroatoms. The first kappa shape index (κ1) is 13.7. The summed E-state index contributed by atoms with van der Waals surface area (Å²) >= 11 is 0. The number of hydrogen-bond acceptors (Lipinski definition) is 2. The molecule has 0 aliphatic rings. The summed E-state index contributed by atoms with van der Waals surface area (Å²) in [7, 11) is 1.67. The van der Waals surface area contributed by atoms with Gasteiger partial charge in [0.05, 0.1) is 0 Å². The Morgan fingerprint density at radius 2 is 2.07 bits per heavy atom. The molecule has 5 N–H and O–H groups in total. The Labute approximate surface area is 91.3 Å². The number of carbonyl (C=O) groups is 1. The van der Waals surface area contributed by atoms with E-state index in [0.717, 1.165) is 25.7 Å². The number of unbranched alkanes of at least 4 members (excludes halogenated alkanes) is 1. The van der Waals surface area contributed by atoms with Crippen LogP contribution in [0.3, 0.4) is 0 Å². The maximum absolute atomic E-state index is 11.3. The van der Waals surface area contributed by atoms with Gasteiger partial charge in [-0.15, -0.1) is 0 Å². The number of guanidine groups is 1. The van der Waals surface area contributed by atoms with Gasteiger partial charge in [0.1, 0.15) is 0 Å². The molecule has 0 rings (SSSR count). The fourth-order valence-corrected chi connectivity index (χ4v) is 1.44. The number of nitrogens with one attached hydrogen (secondary N) is 1. The maximum atomic E-state index is 11.3. The second-order valence-electron chi connectivity index (χ2n) is 3.52. The third-order valence-corrected chi connectivity index (χ3v) is 2.37. The SMILES string of the molecule is CC[C@@H](CCCCN=C(N)N)C(=O)NC. The van der Waals surface area contributed by atoms with Gasteiger partial charge in [0, 0.05) is 19.5 Å². The molecular formula is C10H22N4O. The molecule has 1 amide bonds. The number of nitrogens with two attached hydrogens (primary N) is 2. The van der Waals surface area contributed by atoms with Crippen LogP contribution in [-0.2, 0) is 4.79 Å². The minimum atomic E-state index is 0.120. The van der Waals surface area contributed by atoms with Crippen LogP contribution in [-0.4, -0.2) is 25.5 Å². The molecule has 0 fully saturated rings.